The van der Waals surface area contributed by atoms with Gasteiger partial charge in [0, 0.05) is 37.5 Å². The molecule has 0 spiro atoms. The zero-order valence-electron chi connectivity index (χ0n) is 17.2. The van der Waals surface area contributed by atoms with Crippen molar-refractivity contribution in [3.8, 4) is 0 Å². The number of carbonyl (C=O) groups excluding carboxylic acids is 1. The summed E-state index contributed by atoms with van der Waals surface area (Å²) in [6.07, 6.45) is 2.42. The summed E-state index contributed by atoms with van der Waals surface area (Å²) in [5.74, 6) is -3.54. The lowest BCUT2D eigenvalue weighted by molar-refractivity contribution is -0.133. The molecule has 3 fully saturated rings. The lowest BCUT2D eigenvalue weighted by Gasteiger charge is -2.28. The highest BCUT2D eigenvalue weighted by Crippen LogP contribution is 2.45. The first-order valence-electron chi connectivity index (χ1n) is 10.4. The average molecular weight is 445 g/mol. The third kappa shape index (κ3) is 3.86. The van der Waals surface area contributed by atoms with Gasteiger partial charge in [0.25, 0.3) is 0 Å². The fourth-order valence-electron chi connectivity index (χ4n) is 4.89. The largest absolute Gasteiger partial charge is 0.338 e. The van der Waals surface area contributed by atoms with Gasteiger partial charge in [-0.3, -0.25) is 4.79 Å². The molecule has 1 aromatic rings. The molecule has 9 heteroatoms. The number of benzene rings is 1. The van der Waals surface area contributed by atoms with E-state index in [0.29, 0.717) is 38.5 Å². The number of sulfonamides is 1. The summed E-state index contributed by atoms with van der Waals surface area (Å²) in [7, 11) is -3.28. The van der Waals surface area contributed by atoms with Gasteiger partial charge in [0.1, 0.15) is 5.82 Å². The zero-order chi connectivity index (χ0) is 21.8. The van der Waals surface area contributed by atoms with Gasteiger partial charge in [-0.25, -0.2) is 21.6 Å². The van der Waals surface area contributed by atoms with E-state index in [1.165, 1.54) is 0 Å². The first kappa shape index (κ1) is 21.6. The number of rotatable bonds is 6. The molecule has 0 unspecified atom stereocenters. The summed E-state index contributed by atoms with van der Waals surface area (Å²) in [4.78, 5) is 14.7. The first-order valence-corrected chi connectivity index (χ1v) is 11.9. The van der Waals surface area contributed by atoms with Crippen LogP contribution in [0.15, 0.2) is 12.1 Å². The molecule has 1 amide bonds. The molecular weight excluding hydrogens is 417 g/mol. The van der Waals surface area contributed by atoms with Crippen LogP contribution >= 0.6 is 0 Å². The molecule has 0 radical (unpaired) electrons. The molecule has 1 saturated carbocycles. The second-order valence-corrected chi connectivity index (χ2v) is 11.6. The minimum atomic E-state index is -3.28. The molecule has 0 aromatic heterocycles. The van der Waals surface area contributed by atoms with Gasteiger partial charge in [0.2, 0.25) is 15.9 Å². The van der Waals surface area contributed by atoms with E-state index in [9.17, 15) is 26.4 Å². The summed E-state index contributed by atoms with van der Waals surface area (Å²) < 4.78 is 67.3. The van der Waals surface area contributed by atoms with Crippen LogP contribution in [-0.4, -0.2) is 54.5 Å². The van der Waals surface area contributed by atoms with Crippen LogP contribution in [0.5, 0.6) is 0 Å². The van der Waals surface area contributed by atoms with Crippen molar-refractivity contribution in [2.24, 2.45) is 11.3 Å². The van der Waals surface area contributed by atoms with E-state index in [4.69, 9.17) is 0 Å². The highest BCUT2D eigenvalue weighted by Gasteiger charge is 2.55. The summed E-state index contributed by atoms with van der Waals surface area (Å²) in [6.45, 7) is 5.15. The van der Waals surface area contributed by atoms with Gasteiger partial charge in [-0.05, 0) is 43.2 Å². The fraction of sp³-hybridized carbons (Fsp3) is 0.667. The molecule has 4 rings (SSSR count). The fourth-order valence-corrected chi connectivity index (χ4v) is 6.87. The Kier molecular flexibility index (Phi) is 5.41. The minimum absolute atomic E-state index is 0.0445. The topological polar surface area (TPSA) is 57.7 Å². The lowest BCUT2D eigenvalue weighted by atomic mass is 9.85. The minimum Gasteiger partial charge on any atom is -0.338 e. The summed E-state index contributed by atoms with van der Waals surface area (Å²) >= 11 is 0. The van der Waals surface area contributed by atoms with Crippen LogP contribution in [0.1, 0.15) is 45.1 Å². The average Bonchev–Trinajstić information content (AvgIpc) is 3.38. The number of likely N-dealkylation sites (tertiary alicyclic amines) is 1. The molecule has 30 heavy (non-hydrogen) atoms. The van der Waals surface area contributed by atoms with E-state index in [1.54, 1.807) is 16.1 Å². The van der Waals surface area contributed by atoms with E-state index < -0.39 is 27.5 Å². The molecule has 5 nitrogen and oxygen atoms in total. The highest BCUT2D eigenvalue weighted by molar-refractivity contribution is 7.90. The highest BCUT2D eigenvalue weighted by atomic mass is 32.2. The van der Waals surface area contributed by atoms with Crippen LogP contribution in [0.2, 0.25) is 0 Å². The van der Waals surface area contributed by atoms with Crippen LogP contribution in [0.4, 0.5) is 13.2 Å². The van der Waals surface area contributed by atoms with Crippen molar-refractivity contribution in [3.63, 3.8) is 0 Å². The van der Waals surface area contributed by atoms with Gasteiger partial charge in [0.05, 0.1) is 11.3 Å². The Balaban J connectivity index is 1.41. The lowest BCUT2D eigenvalue weighted by Crippen LogP contribution is -2.43. The molecule has 3 aliphatic rings. The van der Waals surface area contributed by atoms with E-state index in [0.717, 1.165) is 12.5 Å². The normalized spacial score (nSPS) is 28.0. The Morgan fingerprint density at radius 2 is 1.87 bits per heavy atom. The number of carbonyl (C=O) groups is 1. The molecule has 2 aliphatic heterocycles. The van der Waals surface area contributed by atoms with Crippen molar-refractivity contribution in [1.82, 2.24) is 9.21 Å². The second-order valence-electron chi connectivity index (χ2n) is 9.41. The van der Waals surface area contributed by atoms with Crippen LogP contribution in [0.3, 0.4) is 0 Å². The Morgan fingerprint density at radius 1 is 1.20 bits per heavy atom. The van der Waals surface area contributed by atoms with Crippen LogP contribution in [-0.2, 0) is 21.2 Å². The van der Waals surface area contributed by atoms with Crippen molar-refractivity contribution >= 4 is 15.9 Å². The van der Waals surface area contributed by atoms with Gasteiger partial charge < -0.3 is 4.90 Å². The SMILES string of the molecule is C[C@@H](CC(=O)N1CC[C@@]2(C)CN(S(=O)(=O)C3CC3)C[C@@H]12)Cc1cc(F)c(F)cc1F. The van der Waals surface area contributed by atoms with Gasteiger partial charge in [-0.2, -0.15) is 4.31 Å². The van der Waals surface area contributed by atoms with E-state index in [2.05, 4.69) is 0 Å². The van der Waals surface area contributed by atoms with E-state index in [1.807, 2.05) is 6.92 Å². The monoisotopic (exact) mass is 444 g/mol. The number of fused-ring (bicyclic) bond motifs is 1. The third-order valence-corrected chi connectivity index (χ3v) is 9.14. The molecular formula is C21H27F3N2O3S. The Labute approximate surface area is 175 Å². The maximum atomic E-state index is 13.9. The van der Waals surface area contributed by atoms with Crippen molar-refractivity contribution in [3.05, 3.63) is 35.1 Å². The predicted octanol–water partition coefficient (Wildman–Crippen LogP) is 3.09. The Morgan fingerprint density at radius 3 is 2.53 bits per heavy atom. The number of amides is 1. The quantitative estimate of drug-likeness (QED) is 0.634. The van der Waals surface area contributed by atoms with Gasteiger partial charge >= 0.3 is 0 Å². The summed E-state index contributed by atoms with van der Waals surface area (Å²) in [5, 5.41) is -0.268. The van der Waals surface area contributed by atoms with Crippen LogP contribution < -0.4 is 0 Å². The predicted molar refractivity (Wildman–Crippen MR) is 106 cm³/mol. The summed E-state index contributed by atoms with van der Waals surface area (Å²) in [6, 6.07) is 1.21. The smallest absolute Gasteiger partial charge is 0.223 e. The molecule has 3 atom stereocenters. The number of hydrogen-bond acceptors (Lipinski definition) is 3. The number of nitrogens with zero attached hydrogens (tertiary/aromatic N) is 2. The van der Waals surface area contributed by atoms with Crippen molar-refractivity contribution in [2.45, 2.75) is 57.2 Å². The number of hydrogen-bond donors (Lipinski definition) is 0. The van der Waals surface area contributed by atoms with Gasteiger partial charge in [0.15, 0.2) is 11.6 Å². The van der Waals surface area contributed by atoms with Gasteiger partial charge in [-0.15, -0.1) is 0 Å². The summed E-state index contributed by atoms with van der Waals surface area (Å²) in [5.41, 5.74) is -0.212. The van der Waals surface area contributed by atoms with Crippen LogP contribution in [0.25, 0.3) is 0 Å². The van der Waals surface area contributed by atoms with Crippen molar-refractivity contribution in [2.75, 3.05) is 19.6 Å². The molecule has 1 aromatic carbocycles. The first-order chi connectivity index (χ1) is 14.0. The number of halogens is 3. The van der Waals surface area contributed by atoms with Crippen LogP contribution in [0, 0.1) is 28.8 Å². The Bertz CT molecular complexity index is 966. The molecule has 0 N–H and O–H groups in total. The van der Waals surface area contributed by atoms with Gasteiger partial charge in [-0.1, -0.05) is 13.8 Å². The maximum Gasteiger partial charge on any atom is 0.223 e. The van der Waals surface area contributed by atoms with Crippen molar-refractivity contribution in [1.29, 1.82) is 0 Å². The Hall–Kier alpha value is -1.61. The molecule has 2 saturated heterocycles. The van der Waals surface area contributed by atoms with E-state index >= 15 is 0 Å². The maximum absolute atomic E-state index is 13.9. The molecule has 1 aliphatic carbocycles. The zero-order valence-corrected chi connectivity index (χ0v) is 18.0. The van der Waals surface area contributed by atoms with E-state index in [-0.39, 0.29) is 46.9 Å². The second kappa shape index (κ2) is 7.51. The third-order valence-electron chi connectivity index (χ3n) is 6.83. The van der Waals surface area contributed by atoms with Crippen molar-refractivity contribution < 1.29 is 26.4 Å². The molecule has 0 bridgehead atoms. The standard InChI is InChI=1S/C21H27F3N2O3S/c1-13(7-14-9-17(23)18(24)10-16(14)22)8-20(27)26-6-5-21(2)12-25(11-19(21)26)30(28,29)15-3-4-15/h9-10,13,15,19H,3-8,11-12H2,1-2H3/t13-,19-,21+/m1/s1. The molecule has 2 heterocycles. The molecule has 166 valence electrons.